The van der Waals surface area contributed by atoms with Crippen LogP contribution in [-0.4, -0.2) is 66.9 Å². The quantitative estimate of drug-likeness (QED) is 0.703. The van der Waals surface area contributed by atoms with E-state index < -0.39 is 6.04 Å². The Kier molecular flexibility index (Phi) is 7.65. The molecule has 0 saturated carbocycles. The first-order valence-electron chi connectivity index (χ1n) is 11.6. The second-order valence-corrected chi connectivity index (χ2v) is 9.62. The monoisotopic (exact) mass is 469 g/mol. The number of likely N-dealkylation sites (tertiary alicyclic amines) is 2. The maximum atomic E-state index is 13.5. The number of ether oxygens (including phenoxy) is 1. The van der Waals surface area contributed by atoms with E-state index in [4.69, 9.17) is 4.74 Å². The average molecular weight is 470 g/mol. The van der Waals surface area contributed by atoms with E-state index in [1.54, 1.807) is 31.4 Å². The van der Waals surface area contributed by atoms with Crippen molar-refractivity contribution in [3.8, 4) is 5.75 Å². The molecule has 0 aliphatic carbocycles. The summed E-state index contributed by atoms with van der Waals surface area (Å²) in [7, 11) is 1.58. The van der Waals surface area contributed by atoms with Gasteiger partial charge in [-0.2, -0.15) is 0 Å². The van der Waals surface area contributed by atoms with Gasteiger partial charge in [-0.05, 0) is 73.7 Å². The smallest absolute Gasteiger partial charge is 0.263 e. The zero-order chi connectivity index (χ0) is 23.2. The third kappa shape index (κ3) is 5.55. The molecule has 4 rings (SSSR count). The van der Waals surface area contributed by atoms with Crippen molar-refractivity contribution < 1.29 is 19.1 Å². The van der Waals surface area contributed by atoms with E-state index in [1.165, 1.54) is 11.3 Å². The highest BCUT2D eigenvalue weighted by atomic mass is 32.1. The number of amides is 3. The number of nitrogens with zero attached hydrogens (tertiary/aromatic N) is 2. The standard InChI is InChI=1S/C25H31N3O4S/c1-32-20-9-7-19(8-10-20)23(29)26-22(25(31)27-13-3-2-4-14-27)18-11-15-28(16-12-18)24(30)21-6-5-17-33-21/h5-10,17-18,22H,2-4,11-16H2,1H3,(H,26,29)/t22-/m0/s1. The Hall–Kier alpha value is -2.87. The second kappa shape index (κ2) is 10.8. The molecule has 3 heterocycles. The topological polar surface area (TPSA) is 79.0 Å². The molecule has 1 atom stereocenters. The molecule has 7 nitrogen and oxygen atoms in total. The fourth-order valence-electron chi connectivity index (χ4n) is 4.65. The number of rotatable bonds is 6. The Labute approximate surface area is 198 Å². The third-order valence-corrected chi connectivity index (χ3v) is 7.46. The number of hydrogen-bond donors (Lipinski definition) is 1. The van der Waals surface area contributed by atoms with Crippen LogP contribution in [0.4, 0.5) is 0 Å². The summed E-state index contributed by atoms with van der Waals surface area (Å²) >= 11 is 1.45. The Morgan fingerprint density at radius 2 is 1.67 bits per heavy atom. The van der Waals surface area contributed by atoms with Gasteiger partial charge < -0.3 is 19.9 Å². The molecule has 2 aliphatic heterocycles. The number of nitrogens with one attached hydrogen (secondary N) is 1. The number of benzene rings is 1. The molecule has 2 saturated heterocycles. The minimum Gasteiger partial charge on any atom is -0.497 e. The molecule has 2 aliphatic rings. The molecule has 1 N–H and O–H groups in total. The number of piperidine rings is 2. The number of thiophene rings is 1. The molecule has 33 heavy (non-hydrogen) atoms. The highest BCUT2D eigenvalue weighted by molar-refractivity contribution is 7.12. The number of hydrogen-bond acceptors (Lipinski definition) is 5. The summed E-state index contributed by atoms with van der Waals surface area (Å²) < 4.78 is 5.17. The van der Waals surface area contributed by atoms with Gasteiger partial charge in [0, 0.05) is 31.7 Å². The Morgan fingerprint density at radius 3 is 2.27 bits per heavy atom. The van der Waals surface area contributed by atoms with Gasteiger partial charge in [0.1, 0.15) is 11.8 Å². The van der Waals surface area contributed by atoms with E-state index in [0.717, 1.165) is 37.2 Å². The van der Waals surface area contributed by atoms with Crippen molar-refractivity contribution in [2.75, 3.05) is 33.3 Å². The first-order chi connectivity index (χ1) is 16.1. The lowest BCUT2D eigenvalue weighted by atomic mass is 9.87. The lowest BCUT2D eigenvalue weighted by Gasteiger charge is -2.38. The SMILES string of the molecule is COc1ccc(C(=O)N[C@H](C(=O)N2CCCCC2)C2CCN(C(=O)c3cccs3)CC2)cc1. The summed E-state index contributed by atoms with van der Waals surface area (Å²) in [5, 5.41) is 4.94. The van der Waals surface area contributed by atoms with Crippen LogP contribution in [0.2, 0.25) is 0 Å². The molecule has 176 valence electrons. The summed E-state index contributed by atoms with van der Waals surface area (Å²) in [6.45, 7) is 2.65. The van der Waals surface area contributed by atoms with Crippen LogP contribution in [0.5, 0.6) is 5.75 Å². The van der Waals surface area contributed by atoms with Crippen LogP contribution in [0.25, 0.3) is 0 Å². The summed E-state index contributed by atoms with van der Waals surface area (Å²) in [5.41, 5.74) is 0.498. The van der Waals surface area contributed by atoms with Crippen LogP contribution >= 0.6 is 11.3 Å². The van der Waals surface area contributed by atoms with Gasteiger partial charge in [-0.25, -0.2) is 0 Å². The van der Waals surface area contributed by atoms with E-state index in [1.807, 2.05) is 27.3 Å². The predicted octanol–water partition coefficient (Wildman–Crippen LogP) is 3.42. The normalized spacial score (nSPS) is 18.0. The van der Waals surface area contributed by atoms with Gasteiger partial charge in [-0.1, -0.05) is 6.07 Å². The number of methoxy groups -OCH3 is 1. The molecule has 1 aromatic carbocycles. The van der Waals surface area contributed by atoms with E-state index in [9.17, 15) is 14.4 Å². The molecule has 2 fully saturated rings. The zero-order valence-corrected chi connectivity index (χ0v) is 19.8. The average Bonchev–Trinajstić information content (AvgIpc) is 3.42. The summed E-state index contributed by atoms with van der Waals surface area (Å²) in [6, 6.07) is 10.0. The molecule has 0 bridgehead atoms. The van der Waals surface area contributed by atoms with Crippen molar-refractivity contribution in [1.29, 1.82) is 0 Å². The summed E-state index contributed by atoms with van der Waals surface area (Å²) in [4.78, 5) is 43.7. The minimum absolute atomic E-state index is 0.000375. The van der Waals surface area contributed by atoms with E-state index >= 15 is 0 Å². The van der Waals surface area contributed by atoms with Crippen molar-refractivity contribution >= 4 is 29.1 Å². The summed E-state index contributed by atoms with van der Waals surface area (Å²) in [5.74, 6) is 0.457. The van der Waals surface area contributed by atoms with Crippen LogP contribution in [0.15, 0.2) is 41.8 Å². The van der Waals surface area contributed by atoms with Gasteiger partial charge in [0.2, 0.25) is 5.91 Å². The second-order valence-electron chi connectivity index (χ2n) is 8.67. The molecule has 0 radical (unpaired) electrons. The molecule has 0 unspecified atom stereocenters. The molecule has 8 heteroatoms. The summed E-state index contributed by atoms with van der Waals surface area (Å²) in [6.07, 6.45) is 4.50. The highest BCUT2D eigenvalue weighted by Crippen LogP contribution is 2.26. The molecule has 3 amide bonds. The molecular formula is C25H31N3O4S. The first-order valence-corrected chi connectivity index (χ1v) is 12.5. The maximum Gasteiger partial charge on any atom is 0.263 e. The van der Waals surface area contributed by atoms with E-state index in [0.29, 0.717) is 37.2 Å². The zero-order valence-electron chi connectivity index (χ0n) is 19.0. The van der Waals surface area contributed by atoms with Crippen LogP contribution in [0, 0.1) is 5.92 Å². The molecule has 2 aromatic rings. The minimum atomic E-state index is -0.586. The Bertz CT molecular complexity index is 947. The molecule has 1 aromatic heterocycles. The van der Waals surface area contributed by atoms with Gasteiger partial charge >= 0.3 is 0 Å². The Morgan fingerprint density at radius 1 is 0.970 bits per heavy atom. The van der Waals surface area contributed by atoms with Crippen molar-refractivity contribution in [2.45, 2.75) is 38.1 Å². The molecule has 0 spiro atoms. The van der Waals surface area contributed by atoms with Crippen molar-refractivity contribution in [1.82, 2.24) is 15.1 Å². The van der Waals surface area contributed by atoms with Gasteiger partial charge in [-0.15, -0.1) is 11.3 Å². The van der Waals surface area contributed by atoms with Gasteiger partial charge in [0.25, 0.3) is 11.8 Å². The number of carbonyl (C=O) groups is 3. The van der Waals surface area contributed by atoms with Crippen molar-refractivity contribution in [3.63, 3.8) is 0 Å². The Balaban J connectivity index is 1.46. The first kappa shape index (κ1) is 23.3. The lowest BCUT2D eigenvalue weighted by Crippen LogP contribution is -2.55. The van der Waals surface area contributed by atoms with Crippen LogP contribution in [-0.2, 0) is 4.79 Å². The van der Waals surface area contributed by atoms with Gasteiger partial charge in [0.05, 0.1) is 12.0 Å². The third-order valence-electron chi connectivity index (χ3n) is 6.60. The van der Waals surface area contributed by atoms with Gasteiger partial charge in [0.15, 0.2) is 0 Å². The molecular weight excluding hydrogens is 438 g/mol. The van der Waals surface area contributed by atoms with Gasteiger partial charge in [-0.3, -0.25) is 14.4 Å². The fourth-order valence-corrected chi connectivity index (χ4v) is 5.34. The number of carbonyl (C=O) groups excluding carboxylic acids is 3. The van der Waals surface area contributed by atoms with Crippen LogP contribution in [0.1, 0.15) is 52.1 Å². The maximum absolute atomic E-state index is 13.5. The fraction of sp³-hybridized carbons (Fsp3) is 0.480. The van der Waals surface area contributed by atoms with Crippen molar-refractivity contribution in [2.24, 2.45) is 5.92 Å². The van der Waals surface area contributed by atoms with E-state index in [-0.39, 0.29) is 23.6 Å². The predicted molar refractivity (Wildman–Crippen MR) is 128 cm³/mol. The highest BCUT2D eigenvalue weighted by Gasteiger charge is 2.36. The van der Waals surface area contributed by atoms with E-state index in [2.05, 4.69) is 5.32 Å². The largest absolute Gasteiger partial charge is 0.497 e. The van der Waals surface area contributed by atoms with Crippen molar-refractivity contribution in [3.05, 3.63) is 52.2 Å². The lowest BCUT2D eigenvalue weighted by molar-refractivity contribution is -0.136. The van der Waals surface area contributed by atoms with Crippen LogP contribution in [0.3, 0.4) is 0 Å². The van der Waals surface area contributed by atoms with Crippen LogP contribution < -0.4 is 10.1 Å².